The molecule has 0 unspecified atom stereocenters. The molecule has 0 radical (unpaired) electrons. The van der Waals surface area contributed by atoms with Crippen LogP contribution in [0.25, 0.3) is 0 Å². The Morgan fingerprint density at radius 3 is 2.32 bits per heavy atom. The second-order valence-corrected chi connectivity index (χ2v) is 5.12. The first kappa shape index (κ1) is 14.0. The third-order valence-electron chi connectivity index (χ3n) is 3.32. The van der Waals surface area contributed by atoms with Gasteiger partial charge in [0.1, 0.15) is 0 Å². The highest BCUT2D eigenvalue weighted by molar-refractivity contribution is 5.60. The number of alkyl halides is 3. The lowest BCUT2D eigenvalue weighted by Gasteiger charge is -2.23. The van der Waals surface area contributed by atoms with Crippen LogP contribution in [0.3, 0.4) is 0 Å². The van der Waals surface area contributed by atoms with Gasteiger partial charge in [0.25, 0.3) is 0 Å². The van der Waals surface area contributed by atoms with Crippen molar-refractivity contribution in [2.24, 2.45) is 0 Å². The van der Waals surface area contributed by atoms with Gasteiger partial charge in [0.15, 0.2) is 5.75 Å². The van der Waals surface area contributed by atoms with Gasteiger partial charge in [0, 0.05) is 13.1 Å². The molecule has 0 amide bonds. The predicted octanol–water partition coefficient (Wildman–Crippen LogP) is 4.31. The van der Waals surface area contributed by atoms with Crippen molar-refractivity contribution in [2.45, 2.75) is 39.0 Å². The van der Waals surface area contributed by atoms with E-state index in [1.807, 2.05) is 24.8 Å². The van der Waals surface area contributed by atoms with Crippen LogP contribution in [0, 0.1) is 0 Å². The van der Waals surface area contributed by atoms with Crippen LogP contribution < -0.4 is 9.64 Å². The summed E-state index contributed by atoms with van der Waals surface area (Å²) < 4.78 is 41.7. The van der Waals surface area contributed by atoms with Gasteiger partial charge in [-0.25, -0.2) is 0 Å². The molecule has 106 valence electrons. The molecule has 1 heterocycles. The Labute approximate surface area is 111 Å². The fraction of sp³-hybridized carbons (Fsp3) is 0.571. The quantitative estimate of drug-likeness (QED) is 0.813. The number of halogens is 3. The zero-order chi connectivity index (χ0) is 14.0. The summed E-state index contributed by atoms with van der Waals surface area (Å²) in [4.78, 5) is 1.95. The van der Waals surface area contributed by atoms with Gasteiger partial charge in [0.05, 0.1) is 5.69 Å². The zero-order valence-electron chi connectivity index (χ0n) is 11.1. The second-order valence-electron chi connectivity index (χ2n) is 5.12. The molecule has 0 spiro atoms. The van der Waals surface area contributed by atoms with Gasteiger partial charge in [-0.3, -0.25) is 0 Å². The Morgan fingerprint density at radius 1 is 1.16 bits per heavy atom. The Balaban J connectivity index is 2.35. The summed E-state index contributed by atoms with van der Waals surface area (Å²) in [5.74, 6) is 0.0869. The maximum atomic E-state index is 12.5. The van der Waals surface area contributed by atoms with E-state index in [1.165, 1.54) is 6.07 Å². The molecule has 0 N–H and O–H groups in total. The largest absolute Gasteiger partial charge is 0.573 e. The molecule has 1 fully saturated rings. The van der Waals surface area contributed by atoms with Crippen LogP contribution in [0.2, 0.25) is 0 Å². The first-order valence-electron chi connectivity index (χ1n) is 6.51. The minimum absolute atomic E-state index is 0.0828. The summed E-state index contributed by atoms with van der Waals surface area (Å²) in [5, 5.41) is 0. The smallest absolute Gasteiger partial charge is 0.404 e. The van der Waals surface area contributed by atoms with Crippen LogP contribution >= 0.6 is 0 Å². The molecular formula is C14H18F3NO. The molecule has 1 aliphatic heterocycles. The Bertz CT molecular complexity index is 437. The SMILES string of the molecule is CC(C)c1ccc(N2CCCC2)c(OC(F)(F)F)c1. The van der Waals surface area contributed by atoms with Crippen molar-refractivity contribution in [3.63, 3.8) is 0 Å². The molecular weight excluding hydrogens is 255 g/mol. The van der Waals surface area contributed by atoms with Crippen LogP contribution in [0.1, 0.15) is 38.2 Å². The Kier molecular flexibility index (Phi) is 3.92. The normalized spacial score (nSPS) is 16.2. The number of rotatable bonds is 3. The van der Waals surface area contributed by atoms with E-state index >= 15 is 0 Å². The van der Waals surface area contributed by atoms with E-state index in [4.69, 9.17) is 0 Å². The van der Waals surface area contributed by atoms with E-state index < -0.39 is 6.36 Å². The van der Waals surface area contributed by atoms with Crippen molar-refractivity contribution >= 4 is 5.69 Å². The number of hydrogen-bond acceptors (Lipinski definition) is 2. The van der Waals surface area contributed by atoms with Crippen LogP contribution in [0.5, 0.6) is 5.75 Å². The molecule has 1 aromatic rings. The minimum atomic E-state index is -4.65. The van der Waals surface area contributed by atoms with E-state index in [0.29, 0.717) is 5.69 Å². The van der Waals surface area contributed by atoms with Gasteiger partial charge in [-0.05, 0) is 36.5 Å². The van der Waals surface area contributed by atoms with Gasteiger partial charge in [-0.2, -0.15) is 0 Å². The number of nitrogens with zero attached hydrogens (tertiary/aromatic N) is 1. The predicted molar refractivity (Wildman–Crippen MR) is 68.7 cm³/mol. The van der Waals surface area contributed by atoms with Crippen molar-refractivity contribution < 1.29 is 17.9 Å². The van der Waals surface area contributed by atoms with Gasteiger partial charge < -0.3 is 9.64 Å². The molecule has 19 heavy (non-hydrogen) atoms. The summed E-state index contributed by atoms with van der Waals surface area (Å²) in [5.41, 5.74) is 1.39. The van der Waals surface area contributed by atoms with Gasteiger partial charge in [-0.1, -0.05) is 19.9 Å². The summed E-state index contributed by atoms with van der Waals surface area (Å²) in [6.07, 6.45) is -2.63. The van der Waals surface area contributed by atoms with Gasteiger partial charge in [0.2, 0.25) is 0 Å². The average Bonchev–Trinajstić information content (AvgIpc) is 2.79. The highest BCUT2D eigenvalue weighted by Crippen LogP contribution is 2.36. The van der Waals surface area contributed by atoms with Crippen molar-refractivity contribution in [2.75, 3.05) is 18.0 Å². The molecule has 1 aromatic carbocycles. The minimum Gasteiger partial charge on any atom is -0.404 e. The van der Waals surface area contributed by atoms with E-state index in [1.54, 1.807) is 6.07 Å². The molecule has 0 saturated carbocycles. The second kappa shape index (κ2) is 5.31. The lowest BCUT2D eigenvalue weighted by molar-refractivity contribution is -0.274. The summed E-state index contributed by atoms with van der Waals surface area (Å²) in [6, 6.07) is 5.12. The van der Waals surface area contributed by atoms with E-state index in [0.717, 1.165) is 31.5 Å². The number of hydrogen-bond donors (Lipinski definition) is 0. The number of ether oxygens (including phenoxy) is 1. The number of benzene rings is 1. The van der Waals surface area contributed by atoms with E-state index in [-0.39, 0.29) is 11.7 Å². The molecule has 0 atom stereocenters. The maximum absolute atomic E-state index is 12.5. The molecule has 0 aromatic heterocycles. The third kappa shape index (κ3) is 3.55. The highest BCUT2D eigenvalue weighted by Gasteiger charge is 2.33. The highest BCUT2D eigenvalue weighted by atomic mass is 19.4. The Morgan fingerprint density at radius 2 is 1.79 bits per heavy atom. The Hall–Kier alpha value is -1.39. The van der Waals surface area contributed by atoms with Gasteiger partial charge in [-0.15, -0.1) is 13.2 Å². The van der Waals surface area contributed by atoms with E-state index in [9.17, 15) is 13.2 Å². The lowest BCUT2D eigenvalue weighted by Crippen LogP contribution is -2.22. The molecule has 0 bridgehead atoms. The van der Waals surface area contributed by atoms with E-state index in [2.05, 4.69) is 4.74 Å². The van der Waals surface area contributed by atoms with Crippen molar-refractivity contribution in [1.82, 2.24) is 0 Å². The van der Waals surface area contributed by atoms with Crippen molar-refractivity contribution in [3.8, 4) is 5.75 Å². The molecule has 0 aliphatic carbocycles. The third-order valence-corrected chi connectivity index (χ3v) is 3.32. The first-order chi connectivity index (χ1) is 8.87. The first-order valence-corrected chi connectivity index (χ1v) is 6.51. The summed E-state index contributed by atoms with van der Waals surface area (Å²) in [7, 11) is 0. The van der Waals surface area contributed by atoms with Crippen LogP contribution in [0.15, 0.2) is 18.2 Å². The zero-order valence-corrected chi connectivity index (χ0v) is 11.1. The summed E-state index contributed by atoms with van der Waals surface area (Å²) in [6.45, 7) is 5.47. The van der Waals surface area contributed by atoms with Crippen LogP contribution in [0.4, 0.5) is 18.9 Å². The maximum Gasteiger partial charge on any atom is 0.573 e. The van der Waals surface area contributed by atoms with Gasteiger partial charge >= 0.3 is 6.36 Å². The lowest BCUT2D eigenvalue weighted by atomic mass is 10.0. The molecule has 1 aliphatic rings. The van der Waals surface area contributed by atoms with Crippen molar-refractivity contribution in [1.29, 1.82) is 0 Å². The van der Waals surface area contributed by atoms with Crippen LogP contribution in [-0.4, -0.2) is 19.5 Å². The molecule has 2 rings (SSSR count). The standard InChI is InChI=1S/C14H18F3NO/c1-10(2)11-5-6-12(18-7-3-4-8-18)13(9-11)19-14(15,16)17/h5-6,9-10H,3-4,7-8H2,1-2H3. The van der Waals surface area contributed by atoms with Crippen molar-refractivity contribution in [3.05, 3.63) is 23.8 Å². The average molecular weight is 273 g/mol. The number of anilines is 1. The molecule has 1 saturated heterocycles. The topological polar surface area (TPSA) is 12.5 Å². The fourth-order valence-electron chi connectivity index (χ4n) is 2.32. The summed E-state index contributed by atoms with van der Waals surface area (Å²) >= 11 is 0. The fourth-order valence-corrected chi connectivity index (χ4v) is 2.32. The van der Waals surface area contributed by atoms with Crippen LogP contribution in [-0.2, 0) is 0 Å². The monoisotopic (exact) mass is 273 g/mol. The molecule has 5 heteroatoms. The molecule has 2 nitrogen and oxygen atoms in total.